The normalized spacial score (nSPS) is 21.9. The van der Waals surface area contributed by atoms with Gasteiger partial charge in [0, 0.05) is 0 Å². The minimum Gasteiger partial charge on any atom is -0.423 e. The first-order valence-electron chi connectivity index (χ1n) is 9.31. The molecule has 0 bridgehead atoms. The number of hydrogen-bond donors (Lipinski definition) is 0. The molecule has 1 heterocycles. The highest BCUT2D eigenvalue weighted by Crippen LogP contribution is 2.40. The third-order valence-corrected chi connectivity index (χ3v) is 5.41. The number of fused-ring (bicyclic) bond motifs is 1. The number of hydrogen-bond acceptors (Lipinski definition) is 4. The lowest BCUT2D eigenvalue weighted by atomic mass is 9.81. The monoisotopic (exact) mass is 363 g/mol. The number of nitrogens with zero attached hydrogens (tertiary/aromatic N) is 1. The van der Waals surface area contributed by atoms with Crippen molar-refractivity contribution in [3.05, 3.63) is 59.7 Å². The van der Waals surface area contributed by atoms with Crippen LogP contribution >= 0.6 is 0 Å². The molecule has 0 aromatic heterocycles. The van der Waals surface area contributed by atoms with E-state index in [1.165, 1.54) is 4.90 Å². The van der Waals surface area contributed by atoms with E-state index in [0.717, 1.165) is 31.2 Å². The average Bonchev–Trinajstić information content (AvgIpc) is 2.95. The van der Waals surface area contributed by atoms with Crippen LogP contribution < -0.4 is 9.64 Å². The number of carbonyl (C=O) groups excluding carboxylic acids is 3. The molecule has 1 aliphatic heterocycles. The van der Waals surface area contributed by atoms with Gasteiger partial charge in [0.05, 0.1) is 23.1 Å². The van der Waals surface area contributed by atoms with Gasteiger partial charge in [-0.1, -0.05) is 36.6 Å². The molecule has 0 spiro atoms. The van der Waals surface area contributed by atoms with Gasteiger partial charge >= 0.3 is 5.97 Å². The second kappa shape index (κ2) is 6.99. The standard InChI is InChI=1S/C22H21NO4/c1-14-9-11-17(12-10-14)27-22(26)15-5-4-6-16(13-15)23-20(24)18-7-2-3-8-19(18)21(23)25/h4-6,9-13,18-19H,2-3,7-8H2,1H3/t18-,19-/m1/s1. The van der Waals surface area contributed by atoms with Crippen molar-refractivity contribution in [2.45, 2.75) is 32.6 Å². The van der Waals surface area contributed by atoms with Crippen molar-refractivity contribution >= 4 is 23.5 Å². The Hall–Kier alpha value is -2.95. The van der Waals surface area contributed by atoms with Gasteiger partial charge in [0.2, 0.25) is 11.8 Å². The molecule has 2 fully saturated rings. The van der Waals surface area contributed by atoms with Crippen LogP contribution in [-0.4, -0.2) is 17.8 Å². The van der Waals surface area contributed by atoms with Crippen LogP contribution in [0.1, 0.15) is 41.6 Å². The lowest BCUT2D eigenvalue weighted by Crippen LogP contribution is -2.31. The molecule has 0 unspecified atom stereocenters. The van der Waals surface area contributed by atoms with Crippen LogP contribution in [0.5, 0.6) is 5.75 Å². The predicted octanol–water partition coefficient (Wildman–Crippen LogP) is 3.89. The average molecular weight is 363 g/mol. The molecule has 0 N–H and O–H groups in total. The maximum absolute atomic E-state index is 12.7. The molecule has 1 saturated heterocycles. The van der Waals surface area contributed by atoms with Gasteiger partial charge in [0.25, 0.3) is 0 Å². The van der Waals surface area contributed by atoms with E-state index >= 15 is 0 Å². The highest BCUT2D eigenvalue weighted by molar-refractivity contribution is 6.22. The van der Waals surface area contributed by atoms with Crippen molar-refractivity contribution in [1.29, 1.82) is 0 Å². The van der Waals surface area contributed by atoms with Crippen LogP contribution in [-0.2, 0) is 9.59 Å². The summed E-state index contributed by atoms with van der Waals surface area (Å²) >= 11 is 0. The number of esters is 1. The van der Waals surface area contributed by atoms with Crippen LogP contribution in [0.25, 0.3) is 0 Å². The molecular formula is C22H21NO4. The zero-order chi connectivity index (χ0) is 19.0. The Morgan fingerprint density at radius 2 is 1.59 bits per heavy atom. The van der Waals surface area contributed by atoms with Crippen molar-refractivity contribution in [1.82, 2.24) is 0 Å². The first-order chi connectivity index (χ1) is 13.0. The summed E-state index contributed by atoms with van der Waals surface area (Å²) in [7, 11) is 0. The highest BCUT2D eigenvalue weighted by atomic mass is 16.5. The molecule has 27 heavy (non-hydrogen) atoms. The van der Waals surface area contributed by atoms with Crippen molar-refractivity contribution in [2.24, 2.45) is 11.8 Å². The van der Waals surface area contributed by atoms with Crippen molar-refractivity contribution in [3.63, 3.8) is 0 Å². The first kappa shape index (κ1) is 17.5. The summed E-state index contributed by atoms with van der Waals surface area (Å²) in [4.78, 5) is 39.2. The number of rotatable bonds is 3. The molecule has 138 valence electrons. The minimum absolute atomic E-state index is 0.145. The summed E-state index contributed by atoms with van der Waals surface area (Å²) in [5, 5.41) is 0. The summed E-state index contributed by atoms with van der Waals surface area (Å²) in [5.41, 5.74) is 1.82. The summed E-state index contributed by atoms with van der Waals surface area (Å²) in [6.45, 7) is 1.96. The van der Waals surface area contributed by atoms with Gasteiger partial charge in [0.15, 0.2) is 0 Å². The van der Waals surface area contributed by atoms with E-state index in [0.29, 0.717) is 17.0 Å². The Morgan fingerprint density at radius 3 is 2.22 bits per heavy atom. The predicted molar refractivity (Wildman–Crippen MR) is 101 cm³/mol. The van der Waals surface area contributed by atoms with Gasteiger partial charge in [-0.3, -0.25) is 14.5 Å². The molecule has 1 aliphatic carbocycles. The summed E-state index contributed by atoms with van der Waals surface area (Å²) in [6.07, 6.45) is 3.50. The number of imide groups is 1. The van der Waals surface area contributed by atoms with E-state index in [1.807, 2.05) is 19.1 Å². The molecule has 5 nitrogen and oxygen atoms in total. The quantitative estimate of drug-likeness (QED) is 0.471. The van der Waals surface area contributed by atoms with E-state index in [9.17, 15) is 14.4 Å². The van der Waals surface area contributed by atoms with Gasteiger partial charge in [0.1, 0.15) is 5.75 Å². The third-order valence-electron chi connectivity index (χ3n) is 5.41. The van der Waals surface area contributed by atoms with Crippen molar-refractivity contribution < 1.29 is 19.1 Å². The van der Waals surface area contributed by atoms with Crippen LogP contribution in [0.4, 0.5) is 5.69 Å². The fourth-order valence-corrected chi connectivity index (χ4v) is 3.96. The number of amides is 2. The third kappa shape index (κ3) is 3.25. The largest absolute Gasteiger partial charge is 0.423 e. The van der Waals surface area contributed by atoms with Gasteiger partial charge in [-0.15, -0.1) is 0 Å². The fraction of sp³-hybridized carbons (Fsp3) is 0.318. The minimum atomic E-state index is -0.516. The molecule has 5 heteroatoms. The van der Waals surface area contributed by atoms with Crippen LogP contribution in [0.3, 0.4) is 0 Å². The first-order valence-corrected chi connectivity index (χ1v) is 9.31. The number of ether oxygens (including phenoxy) is 1. The highest BCUT2D eigenvalue weighted by Gasteiger charge is 2.48. The zero-order valence-corrected chi connectivity index (χ0v) is 15.2. The lowest BCUT2D eigenvalue weighted by molar-refractivity contribution is -0.122. The molecule has 2 amide bonds. The van der Waals surface area contributed by atoms with Gasteiger partial charge in [-0.05, 0) is 50.1 Å². The molecule has 2 aromatic carbocycles. The summed E-state index contributed by atoms with van der Waals surface area (Å²) in [5.74, 6) is -0.779. The maximum atomic E-state index is 12.7. The van der Waals surface area contributed by atoms with Gasteiger partial charge in [-0.2, -0.15) is 0 Å². The Kier molecular flexibility index (Phi) is 4.52. The topological polar surface area (TPSA) is 63.7 Å². The van der Waals surface area contributed by atoms with E-state index in [1.54, 1.807) is 36.4 Å². The Balaban J connectivity index is 1.57. The van der Waals surface area contributed by atoms with Gasteiger partial charge < -0.3 is 4.74 Å². The van der Waals surface area contributed by atoms with E-state index in [4.69, 9.17) is 4.74 Å². The fourth-order valence-electron chi connectivity index (χ4n) is 3.96. The van der Waals surface area contributed by atoms with Crippen LogP contribution in [0.15, 0.2) is 48.5 Å². The van der Waals surface area contributed by atoms with Gasteiger partial charge in [-0.25, -0.2) is 4.79 Å². The SMILES string of the molecule is Cc1ccc(OC(=O)c2cccc(N3C(=O)[C@@H]4CCCC[C@H]4C3=O)c2)cc1. The number of aryl methyl sites for hydroxylation is 1. The van der Waals surface area contributed by atoms with Crippen molar-refractivity contribution in [3.8, 4) is 5.75 Å². The Labute approximate surface area is 157 Å². The van der Waals surface area contributed by atoms with Crippen molar-refractivity contribution in [2.75, 3.05) is 4.90 Å². The molecular weight excluding hydrogens is 342 g/mol. The van der Waals surface area contributed by atoms with Crippen LogP contribution in [0, 0.1) is 18.8 Å². The van der Waals surface area contributed by atoms with E-state index < -0.39 is 5.97 Å². The summed E-state index contributed by atoms with van der Waals surface area (Å²) in [6, 6.07) is 13.7. The molecule has 2 aromatic rings. The molecule has 2 atom stereocenters. The second-order valence-corrected chi connectivity index (χ2v) is 7.26. The van der Waals surface area contributed by atoms with Crippen LogP contribution in [0.2, 0.25) is 0 Å². The molecule has 1 saturated carbocycles. The molecule has 0 radical (unpaired) electrons. The van der Waals surface area contributed by atoms with E-state index in [-0.39, 0.29) is 23.7 Å². The maximum Gasteiger partial charge on any atom is 0.343 e. The molecule has 2 aliphatic rings. The van der Waals surface area contributed by atoms with E-state index in [2.05, 4.69) is 0 Å². The Morgan fingerprint density at radius 1 is 0.963 bits per heavy atom. The zero-order valence-electron chi connectivity index (χ0n) is 15.2. The number of benzene rings is 2. The summed E-state index contributed by atoms with van der Waals surface area (Å²) < 4.78 is 5.39. The Bertz CT molecular complexity index is 879. The second-order valence-electron chi connectivity index (χ2n) is 7.26. The smallest absolute Gasteiger partial charge is 0.343 e. The number of anilines is 1. The molecule has 4 rings (SSSR count). The number of carbonyl (C=O) groups is 3. The lowest BCUT2D eigenvalue weighted by Gasteiger charge is -2.19.